The fourth-order valence-corrected chi connectivity index (χ4v) is 3.27. The first-order valence-electron chi connectivity index (χ1n) is 7.12. The normalized spacial score (nSPS) is 32.6. The third-order valence-electron chi connectivity index (χ3n) is 4.31. The lowest BCUT2D eigenvalue weighted by Crippen LogP contribution is -2.29. The summed E-state index contributed by atoms with van der Waals surface area (Å²) in [5.41, 5.74) is 1.47. The number of hydrogen-bond acceptors (Lipinski definition) is 2. The zero-order valence-electron chi connectivity index (χ0n) is 10.7. The second-order valence-electron chi connectivity index (χ2n) is 5.62. The average molecular weight is 233 g/mol. The molecular weight excluding hydrogens is 210 g/mol. The van der Waals surface area contributed by atoms with Crippen LogP contribution in [-0.2, 0) is 0 Å². The van der Waals surface area contributed by atoms with Crippen molar-refractivity contribution >= 4 is 0 Å². The van der Waals surface area contributed by atoms with Gasteiger partial charge in [0.25, 0.3) is 0 Å². The van der Waals surface area contributed by atoms with E-state index in [2.05, 4.69) is 34.3 Å². The number of aromatic nitrogens is 2. The van der Waals surface area contributed by atoms with Gasteiger partial charge in [-0.05, 0) is 38.1 Å². The first-order chi connectivity index (χ1) is 8.40. The molecule has 0 spiro atoms. The first kappa shape index (κ1) is 11.3. The van der Waals surface area contributed by atoms with Gasteiger partial charge in [0.05, 0.1) is 6.33 Å². The molecule has 2 heterocycles. The number of piperidine rings is 1. The molecule has 0 radical (unpaired) electrons. The van der Waals surface area contributed by atoms with Crippen molar-refractivity contribution in [3.63, 3.8) is 0 Å². The van der Waals surface area contributed by atoms with Crippen molar-refractivity contribution in [3.05, 3.63) is 18.2 Å². The summed E-state index contributed by atoms with van der Waals surface area (Å²) in [7, 11) is 0. The van der Waals surface area contributed by atoms with Crippen LogP contribution in [-0.4, -0.2) is 22.6 Å². The smallest absolute Gasteiger partial charge is 0.0950 e. The van der Waals surface area contributed by atoms with Gasteiger partial charge >= 0.3 is 0 Å². The second kappa shape index (κ2) is 4.81. The van der Waals surface area contributed by atoms with E-state index in [4.69, 9.17) is 0 Å². The predicted molar refractivity (Wildman–Crippen MR) is 69.1 cm³/mol. The third kappa shape index (κ3) is 2.25. The van der Waals surface area contributed by atoms with Gasteiger partial charge < -0.3 is 9.88 Å². The molecule has 0 aromatic carbocycles. The van der Waals surface area contributed by atoms with Gasteiger partial charge in [0.2, 0.25) is 0 Å². The molecule has 0 amide bonds. The first-order valence-corrected chi connectivity index (χ1v) is 7.12. The highest BCUT2D eigenvalue weighted by molar-refractivity contribution is 5.12. The van der Waals surface area contributed by atoms with E-state index in [-0.39, 0.29) is 0 Å². The molecule has 1 aliphatic heterocycles. The minimum atomic E-state index is 0.689. The summed E-state index contributed by atoms with van der Waals surface area (Å²) in [4.78, 5) is 4.39. The maximum Gasteiger partial charge on any atom is 0.0950 e. The Morgan fingerprint density at radius 2 is 2.47 bits per heavy atom. The summed E-state index contributed by atoms with van der Waals surface area (Å²) in [6.07, 6.45) is 10.9. The van der Waals surface area contributed by atoms with E-state index >= 15 is 0 Å². The molecule has 17 heavy (non-hydrogen) atoms. The van der Waals surface area contributed by atoms with Gasteiger partial charge in [-0.3, -0.25) is 0 Å². The SMILES string of the molecule is CCCC1CC1n1cncc1C1CCCNC1. The van der Waals surface area contributed by atoms with Crippen LogP contribution in [0.5, 0.6) is 0 Å². The van der Waals surface area contributed by atoms with Crippen LogP contribution in [0.15, 0.2) is 12.5 Å². The maximum atomic E-state index is 4.39. The third-order valence-corrected chi connectivity index (χ3v) is 4.31. The highest BCUT2D eigenvalue weighted by atomic mass is 15.1. The molecule has 3 atom stereocenters. The van der Waals surface area contributed by atoms with Gasteiger partial charge in [-0.15, -0.1) is 0 Å². The monoisotopic (exact) mass is 233 g/mol. The molecule has 3 heteroatoms. The Bertz CT molecular complexity index is 365. The Kier molecular flexibility index (Phi) is 3.19. The molecule has 1 aliphatic carbocycles. The van der Waals surface area contributed by atoms with Crippen molar-refractivity contribution < 1.29 is 0 Å². The van der Waals surface area contributed by atoms with Crippen LogP contribution in [0, 0.1) is 5.92 Å². The fraction of sp³-hybridized carbons (Fsp3) is 0.786. The largest absolute Gasteiger partial charge is 0.331 e. The van der Waals surface area contributed by atoms with Crippen LogP contribution in [0.25, 0.3) is 0 Å². The maximum absolute atomic E-state index is 4.39. The Morgan fingerprint density at radius 1 is 1.53 bits per heavy atom. The van der Waals surface area contributed by atoms with Crippen LogP contribution < -0.4 is 5.32 Å². The van der Waals surface area contributed by atoms with E-state index < -0.39 is 0 Å². The van der Waals surface area contributed by atoms with E-state index in [9.17, 15) is 0 Å². The fourth-order valence-electron chi connectivity index (χ4n) is 3.27. The van der Waals surface area contributed by atoms with Crippen LogP contribution in [0.4, 0.5) is 0 Å². The van der Waals surface area contributed by atoms with Gasteiger partial charge in [0.15, 0.2) is 0 Å². The lowest BCUT2D eigenvalue weighted by atomic mass is 9.96. The van der Waals surface area contributed by atoms with Gasteiger partial charge in [-0.2, -0.15) is 0 Å². The predicted octanol–water partition coefficient (Wildman–Crippen LogP) is 2.71. The second-order valence-corrected chi connectivity index (χ2v) is 5.62. The lowest BCUT2D eigenvalue weighted by Gasteiger charge is -2.24. The molecule has 1 aromatic rings. The van der Waals surface area contributed by atoms with Gasteiger partial charge in [-0.1, -0.05) is 13.3 Å². The molecule has 0 bridgehead atoms. The summed E-state index contributed by atoms with van der Waals surface area (Å²) < 4.78 is 2.47. The molecule has 3 rings (SSSR count). The van der Waals surface area contributed by atoms with E-state index in [1.165, 1.54) is 44.3 Å². The van der Waals surface area contributed by atoms with Crippen molar-refractivity contribution in [1.29, 1.82) is 0 Å². The Hall–Kier alpha value is -0.830. The summed E-state index contributed by atoms with van der Waals surface area (Å²) in [6, 6.07) is 0.759. The molecule has 3 unspecified atom stereocenters. The van der Waals surface area contributed by atoms with E-state index in [0.29, 0.717) is 5.92 Å². The van der Waals surface area contributed by atoms with Crippen LogP contribution in [0.1, 0.15) is 56.7 Å². The Morgan fingerprint density at radius 3 is 3.24 bits per heavy atom. The Labute approximate surface area is 104 Å². The highest BCUT2D eigenvalue weighted by Crippen LogP contribution is 2.47. The van der Waals surface area contributed by atoms with E-state index in [1.807, 2.05) is 0 Å². The van der Waals surface area contributed by atoms with Crippen LogP contribution in [0.2, 0.25) is 0 Å². The van der Waals surface area contributed by atoms with Gasteiger partial charge in [-0.25, -0.2) is 4.98 Å². The number of imidazole rings is 1. The molecule has 2 fully saturated rings. The standard InChI is InChI=1S/C14H23N3/c1-2-4-11-7-13(11)17-10-16-9-14(17)12-5-3-6-15-8-12/h9-13,15H,2-8H2,1H3. The molecule has 1 N–H and O–H groups in total. The quantitative estimate of drug-likeness (QED) is 0.866. The van der Waals surface area contributed by atoms with Crippen molar-refractivity contribution in [2.45, 2.75) is 51.0 Å². The molecule has 2 aliphatic rings. The van der Waals surface area contributed by atoms with Crippen molar-refractivity contribution in [2.75, 3.05) is 13.1 Å². The molecule has 1 aromatic heterocycles. The molecular formula is C14H23N3. The van der Waals surface area contributed by atoms with Crippen LogP contribution in [0.3, 0.4) is 0 Å². The molecule has 1 saturated carbocycles. The summed E-state index contributed by atoms with van der Waals surface area (Å²) in [5.74, 6) is 1.61. The van der Waals surface area contributed by atoms with E-state index in [0.717, 1.165) is 18.5 Å². The minimum Gasteiger partial charge on any atom is -0.331 e. The number of nitrogens with zero attached hydrogens (tertiary/aromatic N) is 2. The average Bonchev–Trinajstić information content (AvgIpc) is 2.96. The molecule has 1 saturated heterocycles. The minimum absolute atomic E-state index is 0.689. The zero-order valence-corrected chi connectivity index (χ0v) is 10.7. The zero-order chi connectivity index (χ0) is 11.7. The summed E-state index contributed by atoms with van der Waals surface area (Å²) >= 11 is 0. The number of hydrogen-bond donors (Lipinski definition) is 1. The van der Waals surface area contributed by atoms with Gasteiger partial charge in [0.1, 0.15) is 0 Å². The molecule has 3 nitrogen and oxygen atoms in total. The van der Waals surface area contributed by atoms with Crippen LogP contribution >= 0.6 is 0 Å². The van der Waals surface area contributed by atoms with E-state index in [1.54, 1.807) is 0 Å². The lowest BCUT2D eigenvalue weighted by molar-refractivity contribution is 0.437. The topological polar surface area (TPSA) is 29.9 Å². The molecule has 94 valence electrons. The van der Waals surface area contributed by atoms with Gasteiger partial charge in [0, 0.05) is 30.4 Å². The highest BCUT2D eigenvalue weighted by Gasteiger charge is 2.39. The van der Waals surface area contributed by atoms with Crippen molar-refractivity contribution in [1.82, 2.24) is 14.9 Å². The Balaban J connectivity index is 1.71. The number of rotatable bonds is 4. The summed E-state index contributed by atoms with van der Waals surface area (Å²) in [6.45, 7) is 4.61. The summed E-state index contributed by atoms with van der Waals surface area (Å²) in [5, 5.41) is 3.50. The van der Waals surface area contributed by atoms with Crippen molar-refractivity contribution in [3.8, 4) is 0 Å². The number of nitrogens with one attached hydrogen (secondary N) is 1. The van der Waals surface area contributed by atoms with Crippen molar-refractivity contribution in [2.24, 2.45) is 5.92 Å².